The highest BCUT2D eigenvalue weighted by molar-refractivity contribution is 7.80. The molecule has 2 aliphatic heterocycles. The Bertz CT molecular complexity index is 1510. The van der Waals surface area contributed by atoms with Crippen LogP contribution in [0.1, 0.15) is 52.8 Å². The van der Waals surface area contributed by atoms with Crippen molar-refractivity contribution in [3.63, 3.8) is 0 Å². The zero-order valence-corrected chi connectivity index (χ0v) is 24.5. The summed E-state index contributed by atoms with van der Waals surface area (Å²) in [7, 11) is 0. The van der Waals surface area contributed by atoms with Crippen LogP contribution in [0.15, 0.2) is 72.9 Å². The summed E-state index contributed by atoms with van der Waals surface area (Å²) in [6.07, 6.45) is 2.84. The number of aryl methyl sites for hydroxylation is 3. The first-order valence-electron chi connectivity index (χ1n) is 14.2. The van der Waals surface area contributed by atoms with Crippen molar-refractivity contribution < 1.29 is 4.74 Å². The Morgan fingerprint density at radius 3 is 2.40 bits per heavy atom. The van der Waals surface area contributed by atoms with E-state index in [0.717, 1.165) is 49.2 Å². The van der Waals surface area contributed by atoms with E-state index in [1.165, 1.54) is 39.5 Å². The number of ether oxygens (including phenoxy) is 1. The maximum Gasteiger partial charge on any atom is 0.174 e. The lowest BCUT2D eigenvalue weighted by atomic mass is 9.96. The van der Waals surface area contributed by atoms with E-state index in [9.17, 15) is 0 Å². The van der Waals surface area contributed by atoms with Gasteiger partial charge in [0, 0.05) is 42.0 Å². The molecule has 0 unspecified atom stereocenters. The van der Waals surface area contributed by atoms with Gasteiger partial charge in [-0.05, 0) is 98.6 Å². The Kier molecular flexibility index (Phi) is 7.34. The van der Waals surface area contributed by atoms with Crippen LogP contribution in [-0.4, -0.2) is 41.0 Å². The molecule has 2 saturated heterocycles. The molecule has 4 aromatic rings. The number of anilines is 2. The third-order valence-electron chi connectivity index (χ3n) is 8.32. The molecule has 2 fully saturated rings. The summed E-state index contributed by atoms with van der Waals surface area (Å²) in [5, 5.41) is 4.35. The third kappa shape index (κ3) is 4.67. The smallest absolute Gasteiger partial charge is 0.174 e. The van der Waals surface area contributed by atoms with E-state index in [-0.39, 0.29) is 12.1 Å². The second-order valence-electron chi connectivity index (χ2n) is 10.7. The number of rotatable bonds is 6. The van der Waals surface area contributed by atoms with Gasteiger partial charge in [0.1, 0.15) is 0 Å². The van der Waals surface area contributed by atoms with Crippen molar-refractivity contribution in [2.45, 2.75) is 46.2 Å². The van der Waals surface area contributed by atoms with Crippen LogP contribution in [0.2, 0.25) is 0 Å². The normalized spacial score (nSPS) is 19.2. The summed E-state index contributed by atoms with van der Waals surface area (Å²) in [6, 6.07) is 23.7. The minimum absolute atomic E-state index is 0.0503. The largest absolute Gasteiger partial charge is 0.378 e. The Morgan fingerprint density at radius 1 is 0.950 bits per heavy atom. The van der Waals surface area contributed by atoms with Gasteiger partial charge in [-0.15, -0.1) is 0 Å². The number of benzene rings is 2. The number of nitrogens with zero attached hydrogens (tertiary/aromatic N) is 4. The quantitative estimate of drug-likeness (QED) is 0.281. The standard InChI is InChI=1S/C33H37N5OS/c1-5-25-10-8-9-22(2)31(25)37-23(3)21-28(24(37)4)32-30(29-11-6-7-16-34-29)35-33(40)38(32)27-14-12-26(13-15-27)36-17-19-39-20-18-36/h6-16,21,30,32H,5,17-20H2,1-4H3,(H,35,40)/t30-,32-/m1/s1. The van der Waals surface area contributed by atoms with Crippen LogP contribution >= 0.6 is 12.2 Å². The van der Waals surface area contributed by atoms with Crippen LogP contribution in [0.5, 0.6) is 0 Å². The Balaban J connectivity index is 1.46. The lowest BCUT2D eigenvalue weighted by Gasteiger charge is -2.31. The van der Waals surface area contributed by atoms with Gasteiger partial charge in [0.05, 0.1) is 36.7 Å². The molecule has 2 atom stereocenters. The SMILES string of the molecule is CCc1cccc(C)c1-n1c(C)cc([C@@H]2[C@@H](c3ccccn3)NC(=S)N2c2ccc(N3CCOCC3)cc2)c1C. The summed E-state index contributed by atoms with van der Waals surface area (Å²) in [4.78, 5) is 9.42. The van der Waals surface area contributed by atoms with Crippen LogP contribution in [-0.2, 0) is 11.2 Å². The van der Waals surface area contributed by atoms with E-state index in [4.69, 9.17) is 21.9 Å². The van der Waals surface area contributed by atoms with E-state index >= 15 is 0 Å². The highest BCUT2D eigenvalue weighted by atomic mass is 32.1. The number of morpholine rings is 1. The third-order valence-corrected chi connectivity index (χ3v) is 8.63. The first-order chi connectivity index (χ1) is 19.5. The molecule has 0 bridgehead atoms. The number of pyridine rings is 1. The molecule has 6 rings (SSSR count). The summed E-state index contributed by atoms with van der Waals surface area (Å²) < 4.78 is 7.98. The highest BCUT2D eigenvalue weighted by Crippen LogP contribution is 2.44. The fourth-order valence-electron chi connectivity index (χ4n) is 6.35. The molecule has 2 aromatic heterocycles. The van der Waals surface area contributed by atoms with Gasteiger partial charge in [0.15, 0.2) is 5.11 Å². The molecule has 1 N–H and O–H groups in total. The molecule has 0 spiro atoms. The van der Waals surface area contributed by atoms with Crippen molar-refractivity contribution in [1.29, 1.82) is 0 Å². The molecular weight excluding hydrogens is 514 g/mol. The van der Waals surface area contributed by atoms with Crippen molar-refractivity contribution >= 4 is 28.7 Å². The van der Waals surface area contributed by atoms with Crippen LogP contribution in [0, 0.1) is 20.8 Å². The highest BCUT2D eigenvalue weighted by Gasteiger charge is 2.42. The number of hydrogen-bond donors (Lipinski definition) is 1. The Labute approximate surface area is 242 Å². The van der Waals surface area contributed by atoms with E-state index in [1.54, 1.807) is 0 Å². The minimum Gasteiger partial charge on any atom is -0.378 e. The predicted octanol–water partition coefficient (Wildman–Crippen LogP) is 6.37. The maximum absolute atomic E-state index is 6.02. The summed E-state index contributed by atoms with van der Waals surface area (Å²) in [5.41, 5.74) is 10.9. The van der Waals surface area contributed by atoms with Crippen molar-refractivity contribution in [3.8, 4) is 5.69 Å². The summed E-state index contributed by atoms with van der Waals surface area (Å²) >= 11 is 6.02. The van der Waals surface area contributed by atoms with Crippen LogP contribution in [0.3, 0.4) is 0 Å². The lowest BCUT2D eigenvalue weighted by molar-refractivity contribution is 0.122. The van der Waals surface area contributed by atoms with Crippen molar-refractivity contribution in [1.82, 2.24) is 14.9 Å². The van der Waals surface area contributed by atoms with E-state index in [0.29, 0.717) is 0 Å². The fraction of sp³-hybridized carbons (Fsp3) is 0.333. The lowest BCUT2D eigenvalue weighted by Crippen LogP contribution is -2.36. The van der Waals surface area contributed by atoms with Crippen molar-refractivity contribution in [2.24, 2.45) is 0 Å². The molecule has 0 saturated carbocycles. The van der Waals surface area contributed by atoms with Gasteiger partial charge >= 0.3 is 0 Å². The summed E-state index contributed by atoms with van der Waals surface area (Å²) in [6.45, 7) is 12.3. The number of hydrogen-bond acceptors (Lipinski definition) is 4. The van der Waals surface area contributed by atoms with Gasteiger partial charge in [-0.25, -0.2) is 0 Å². The molecule has 2 aliphatic rings. The van der Waals surface area contributed by atoms with Gasteiger partial charge in [-0.1, -0.05) is 31.2 Å². The van der Waals surface area contributed by atoms with Crippen LogP contribution < -0.4 is 15.1 Å². The molecular formula is C33H37N5OS. The van der Waals surface area contributed by atoms with Gasteiger partial charge in [0.2, 0.25) is 0 Å². The fourth-order valence-corrected chi connectivity index (χ4v) is 6.70. The maximum atomic E-state index is 6.02. The van der Waals surface area contributed by atoms with Crippen molar-refractivity contribution in [3.05, 3.63) is 107 Å². The number of thiocarbonyl (C=S) groups is 1. The van der Waals surface area contributed by atoms with Gasteiger partial charge in [-0.3, -0.25) is 4.98 Å². The zero-order chi connectivity index (χ0) is 27.8. The first kappa shape index (κ1) is 26.5. The molecule has 6 nitrogen and oxygen atoms in total. The average molecular weight is 552 g/mol. The molecule has 2 aromatic carbocycles. The van der Waals surface area contributed by atoms with E-state index < -0.39 is 0 Å². The number of para-hydroxylation sites is 1. The number of aromatic nitrogens is 2. The minimum atomic E-state index is -0.0796. The molecule has 4 heterocycles. The second kappa shape index (κ2) is 11.1. The molecule has 0 radical (unpaired) electrons. The number of nitrogens with one attached hydrogen (secondary N) is 1. The summed E-state index contributed by atoms with van der Waals surface area (Å²) in [5.74, 6) is 0. The Morgan fingerprint density at radius 2 is 1.70 bits per heavy atom. The molecule has 206 valence electrons. The van der Waals surface area contributed by atoms with Crippen LogP contribution in [0.4, 0.5) is 11.4 Å². The van der Waals surface area contributed by atoms with Crippen molar-refractivity contribution in [2.75, 3.05) is 36.1 Å². The predicted molar refractivity (Wildman–Crippen MR) is 167 cm³/mol. The second-order valence-corrected chi connectivity index (χ2v) is 11.1. The molecule has 40 heavy (non-hydrogen) atoms. The average Bonchev–Trinajstić information content (AvgIpc) is 3.48. The molecule has 7 heteroatoms. The molecule has 0 amide bonds. The Hall–Kier alpha value is -3.68. The first-order valence-corrected chi connectivity index (χ1v) is 14.6. The van der Waals surface area contributed by atoms with Gasteiger partial charge in [-0.2, -0.15) is 0 Å². The molecule has 0 aliphatic carbocycles. The van der Waals surface area contributed by atoms with Gasteiger partial charge in [0.25, 0.3) is 0 Å². The zero-order valence-electron chi connectivity index (χ0n) is 23.7. The topological polar surface area (TPSA) is 45.6 Å². The van der Waals surface area contributed by atoms with E-state index in [1.807, 2.05) is 18.3 Å². The van der Waals surface area contributed by atoms with Crippen LogP contribution in [0.25, 0.3) is 5.69 Å². The van der Waals surface area contributed by atoms with Gasteiger partial charge < -0.3 is 24.4 Å². The monoisotopic (exact) mass is 551 g/mol. The van der Waals surface area contributed by atoms with E-state index in [2.05, 4.69) is 102 Å².